The predicted octanol–water partition coefficient (Wildman–Crippen LogP) is 2.23. The maximum absolute atomic E-state index is 10.1. The Labute approximate surface area is 114 Å². The maximum Gasteiger partial charge on any atom is 0.127 e. The summed E-state index contributed by atoms with van der Waals surface area (Å²) in [5, 5.41) is 19.9. The number of halogens is 1. The van der Waals surface area contributed by atoms with Gasteiger partial charge in [0.2, 0.25) is 0 Å². The van der Waals surface area contributed by atoms with E-state index in [2.05, 4.69) is 0 Å². The lowest BCUT2D eigenvalue weighted by atomic mass is 9.90. The van der Waals surface area contributed by atoms with Crippen LogP contribution in [0.25, 0.3) is 0 Å². The third-order valence-electron chi connectivity index (χ3n) is 3.19. The van der Waals surface area contributed by atoms with Crippen LogP contribution in [0.3, 0.4) is 0 Å². The fourth-order valence-corrected chi connectivity index (χ4v) is 1.81. The first-order chi connectivity index (χ1) is 8.02. The summed E-state index contributed by atoms with van der Waals surface area (Å²) >= 11 is 0. The lowest BCUT2D eigenvalue weighted by molar-refractivity contribution is 0.0861. The fourth-order valence-electron chi connectivity index (χ4n) is 1.81. The van der Waals surface area contributed by atoms with Gasteiger partial charge in [0.25, 0.3) is 0 Å². The van der Waals surface area contributed by atoms with Crippen LogP contribution in [-0.4, -0.2) is 23.4 Å². The molecule has 1 rings (SSSR count). The normalized spacial score (nSPS) is 15.4. The molecule has 0 aromatic heterocycles. The number of benzene rings is 1. The Morgan fingerprint density at radius 2 is 2.00 bits per heavy atom. The number of rotatable bonds is 5. The van der Waals surface area contributed by atoms with Crippen molar-refractivity contribution in [2.45, 2.75) is 32.4 Å². The van der Waals surface area contributed by atoms with E-state index < -0.39 is 12.1 Å². The smallest absolute Gasteiger partial charge is 0.127 e. The van der Waals surface area contributed by atoms with Gasteiger partial charge in [0.05, 0.1) is 24.8 Å². The van der Waals surface area contributed by atoms with E-state index in [9.17, 15) is 10.2 Å². The minimum atomic E-state index is -0.706. The van der Waals surface area contributed by atoms with Gasteiger partial charge in [-0.05, 0) is 18.1 Å². The first kappa shape index (κ1) is 17.0. The molecule has 1 unspecified atom stereocenters. The molecule has 3 atom stereocenters. The summed E-state index contributed by atoms with van der Waals surface area (Å²) in [6, 6.07) is 4.29. The van der Waals surface area contributed by atoms with Crippen molar-refractivity contribution in [1.82, 2.24) is 0 Å². The average Bonchev–Trinajstić information content (AvgIpc) is 2.35. The number of ether oxygens (including phenoxy) is 1. The van der Waals surface area contributed by atoms with Gasteiger partial charge in [-0.25, -0.2) is 0 Å². The first-order valence-electron chi connectivity index (χ1n) is 5.82. The number of aliphatic hydroxyl groups excluding tert-OH is 1. The van der Waals surface area contributed by atoms with Crippen LogP contribution in [-0.2, 0) is 0 Å². The molecule has 0 amide bonds. The van der Waals surface area contributed by atoms with E-state index in [-0.39, 0.29) is 24.1 Å². The van der Waals surface area contributed by atoms with Crippen LogP contribution >= 0.6 is 12.4 Å². The largest absolute Gasteiger partial charge is 0.507 e. The van der Waals surface area contributed by atoms with Gasteiger partial charge in [0, 0.05) is 0 Å². The number of phenolic OH excluding ortho intramolecular Hbond substituents is 1. The van der Waals surface area contributed by atoms with Gasteiger partial charge in [-0.15, -0.1) is 12.4 Å². The Bertz CT molecular complexity index is 373. The van der Waals surface area contributed by atoms with Gasteiger partial charge in [-0.1, -0.05) is 26.3 Å². The van der Waals surface area contributed by atoms with Gasteiger partial charge >= 0.3 is 0 Å². The number of methoxy groups -OCH3 is 1. The van der Waals surface area contributed by atoms with E-state index in [0.29, 0.717) is 11.3 Å². The number of hydrogen-bond donors (Lipinski definition) is 3. The Morgan fingerprint density at radius 3 is 2.50 bits per heavy atom. The Kier molecular flexibility index (Phi) is 7.06. The standard InChI is InChI=1S/C13H21NO3.ClH/c1-4-8(2)13(16)12(14)11-9(15)6-5-7-10(11)17-3;/h5-8,12-13,15-16H,4,14H2,1-3H3;1H/t8?,12-,13+;/m1./s1. The molecule has 18 heavy (non-hydrogen) atoms. The molecule has 1 aromatic carbocycles. The van der Waals surface area contributed by atoms with Crippen LogP contribution in [0.15, 0.2) is 18.2 Å². The second kappa shape index (κ2) is 7.46. The molecule has 104 valence electrons. The van der Waals surface area contributed by atoms with E-state index in [0.717, 1.165) is 6.42 Å². The highest BCUT2D eigenvalue weighted by Gasteiger charge is 2.26. The zero-order valence-corrected chi connectivity index (χ0v) is 11.8. The third kappa shape index (κ3) is 3.51. The Balaban J connectivity index is 0.00000289. The molecule has 0 saturated carbocycles. The molecule has 0 aliphatic heterocycles. The molecule has 0 heterocycles. The highest BCUT2D eigenvalue weighted by Crippen LogP contribution is 2.35. The van der Waals surface area contributed by atoms with Crippen LogP contribution in [0.2, 0.25) is 0 Å². The van der Waals surface area contributed by atoms with Gasteiger partial charge in [-0.2, -0.15) is 0 Å². The quantitative estimate of drug-likeness (QED) is 0.770. The SMILES string of the molecule is CCC(C)[C@H](O)[C@H](N)c1c(O)cccc1OC.Cl. The number of aromatic hydroxyl groups is 1. The minimum Gasteiger partial charge on any atom is -0.507 e. The topological polar surface area (TPSA) is 75.7 Å². The number of nitrogens with two attached hydrogens (primary N) is 1. The molecule has 4 nitrogen and oxygen atoms in total. The van der Waals surface area contributed by atoms with Gasteiger partial charge < -0.3 is 20.7 Å². The third-order valence-corrected chi connectivity index (χ3v) is 3.19. The average molecular weight is 276 g/mol. The summed E-state index contributed by atoms with van der Waals surface area (Å²) in [5.74, 6) is 0.619. The highest BCUT2D eigenvalue weighted by atomic mass is 35.5. The molecule has 0 fully saturated rings. The van der Waals surface area contributed by atoms with Crippen molar-refractivity contribution < 1.29 is 14.9 Å². The molecular formula is C13H22ClNO3. The van der Waals surface area contributed by atoms with Crippen molar-refractivity contribution in [2.75, 3.05) is 7.11 Å². The molecule has 0 aliphatic carbocycles. The van der Waals surface area contributed by atoms with Crippen LogP contribution < -0.4 is 10.5 Å². The van der Waals surface area contributed by atoms with Crippen molar-refractivity contribution in [1.29, 1.82) is 0 Å². The van der Waals surface area contributed by atoms with Crippen LogP contribution in [0, 0.1) is 5.92 Å². The van der Waals surface area contributed by atoms with Gasteiger partial charge in [0.1, 0.15) is 11.5 Å². The molecule has 4 N–H and O–H groups in total. The summed E-state index contributed by atoms with van der Waals surface area (Å²) in [5.41, 5.74) is 6.46. The second-order valence-electron chi connectivity index (χ2n) is 4.29. The summed E-state index contributed by atoms with van der Waals surface area (Å²) in [6.45, 7) is 3.92. The van der Waals surface area contributed by atoms with E-state index in [1.807, 2.05) is 13.8 Å². The van der Waals surface area contributed by atoms with E-state index in [1.54, 1.807) is 18.2 Å². The lowest BCUT2D eigenvalue weighted by Gasteiger charge is -2.26. The Hall–Kier alpha value is -0.970. The predicted molar refractivity (Wildman–Crippen MR) is 74.3 cm³/mol. The minimum absolute atomic E-state index is 0. The highest BCUT2D eigenvalue weighted by molar-refractivity contribution is 5.85. The van der Waals surface area contributed by atoms with Crippen molar-refractivity contribution in [3.8, 4) is 11.5 Å². The van der Waals surface area contributed by atoms with Crippen molar-refractivity contribution >= 4 is 12.4 Å². The number of aliphatic hydroxyl groups is 1. The number of phenols is 1. The Morgan fingerprint density at radius 1 is 1.39 bits per heavy atom. The van der Waals surface area contributed by atoms with E-state index in [1.165, 1.54) is 7.11 Å². The van der Waals surface area contributed by atoms with Crippen molar-refractivity contribution in [2.24, 2.45) is 11.7 Å². The molecule has 0 spiro atoms. The van der Waals surface area contributed by atoms with Crippen LogP contribution in [0.1, 0.15) is 31.9 Å². The summed E-state index contributed by atoms with van der Waals surface area (Å²) in [6.07, 6.45) is 0.118. The van der Waals surface area contributed by atoms with Crippen LogP contribution in [0.5, 0.6) is 11.5 Å². The molecule has 1 aromatic rings. The zero-order chi connectivity index (χ0) is 13.0. The zero-order valence-electron chi connectivity index (χ0n) is 11.0. The fraction of sp³-hybridized carbons (Fsp3) is 0.538. The lowest BCUT2D eigenvalue weighted by Crippen LogP contribution is -2.31. The molecular weight excluding hydrogens is 254 g/mol. The van der Waals surface area contributed by atoms with Gasteiger partial charge in [0.15, 0.2) is 0 Å². The van der Waals surface area contributed by atoms with E-state index in [4.69, 9.17) is 10.5 Å². The first-order valence-corrected chi connectivity index (χ1v) is 5.82. The molecule has 0 radical (unpaired) electrons. The molecule has 0 bridgehead atoms. The van der Waals surface area contributed by atoms with Crippen LogP contribution in [0.4, 0.5) is 0 Å². The monoisotopic (exact) mass is 275 g/mol. The molecule has 0 aliphatic rings. The summed E-state index contributed by atoms with van der Waals surface area (Å²) in [4.78, 5) is 0. The van der Waals surface area contributed by atoms with Crippen molar-refractivity contribution in [3.63, 3.8) is 0 Å². The second-order valence-corrected chi connectivity index (χ2v) is 4.29. The van der Waals surface area contributed by atoms with Crippen molar-refractivity contribution in [3.05, 3.63) is 23.8 Å². The summed E-state index contributed by atoms with van der Waals surface area (Å²) in [7, 11) is 1.51. The van der Waals surface area contributed by atoms with E-state index >= 15 is 0 Å². The molecule has 0 saturated heterocycles. The van der Waals surface area contributed by atoms with Gasteiger partial charge in [-0.3, -0.25) is 0 Å². The molecule has 5 heteroatoms. The number of hydrogen-bond acceptors (Lipinski definition) is 4. The summed E-state index contributed by atoms with van der Waals surface area (Å²) < 4.78 is 5.16. The maximum atomic E-state index is 10.1.